The minimum atomic E-state index is 0.652. The number of methoxy groups -OCH3 is 1. The monoisotopic (exact) mass is 243 g/mol. The second-order valence-electron chi connectivity index (χ2n) is 4.25. The Kier molecular flexibility index (Phi) is 7.75. The van der Waals surface area contributed by atoms with Gasteiger partial charge in [0.25, 0.3) is 0 Å². The lowest BCUT2D eigenvalue weighted by atomic mass is 10.1. The molecule has 0 aromatic rings. The van der Waals surface area contributed by atoms with Gasteiger partial charge < -0.3 is 20.1 Å². The average molecular weight is 243 g/mol. The van der Waals surface area contributed by atoms with Crippen molar-refractivity contribution in [2.75, 3.05) is 46.6 Å². The first kappa shape index (κ1) is 14.3. The molecule has 0 atom stereocenters. The highest BCUT2D eigenvalue weighted by Crippen LogP contribution is 2.07. The zero-order valence-corrected chi connectivity index (χ0v) is 10.9. The van der Waals surface area contributed by atoms with Crippen LogP contribution < -0.4 is 5.73 Å². The van der Waals surface area contributed by atoms with Crippen LogP contribution in [0.5, 0.6) is 0 Å². The highest BCUT2D eigenvalue weighted by Gasteiger charge is 2.11. The van der Waals surface area contributed by atoms with Crippen molar-refractivity contribution >= 4 is 5.96 Å². The summed E-state index contributed by atoms with van der Waals surface area (Å²) >= 11 is 0. The molecule has 1 aliphatic rings. The molecule has 17 heavy (non-hydrogen) atoms. The van der Waals surface area contributed by atoms with Gasteiger partial charge in [0, 0.05) is 33.4 Å². The second kappa shape index (κ2) is 9.24. The van der Waals surface area contributed by atoms with E-state index in [9.17, 15) is 0 Å². The van der Waals surface area contributed by atoms with E-state index in [4.69, 9.17) is 15.2 Å². The molecule has 100 valence electrons. The van der Waals surface area contributed by atoms with Gasteiger partial charge >= 0.3 is 0 Å². The Hall–Kier alpha value is -0.810. The van der Waals surface area contributed by atoms with Gasteiger partial charge in [0.2, 0.25) is 0 Å². The summed E-state index contributed by atoms with van der Waals surface area (Å²) in [6, 6.07) is 0. The van der Waals surface area contributed by atoms with Crippen LogP contribution in [0.1, 0.15) is 25.7 Å². The lowest BCUT2D eigenvalue weighted by Crippen LogP contribution is -2.40. The summed E-state index contributed by atoms with van der Waals surface area (Å²) in [5, 5.41) is 0. The minimum Gasteiger partial charge on any atom is -0.382 e. The van der Waals surface area contributed by atoms with Crippen LogP contribution in [-0.2, 0) is 9.47 Å². The number of rotatable bonds is 7. The fraction of sp³-hybridized carbons (Fsp3) is 0.917. The van der Waals surface area contributed by atoms with Gasteiger partial charge in [-0.05, 0) is 25.7 Å². The van der Waals surface area contributed by atoms with Crippen LogP contribution in [0.2, 0.25) is 0 Å². The molecule has 0 aromatic carbocycles. The van der Waals surface area contributed by atoms with Gasteiger partial charge in [-0.2, -0.15) is 0 Å². The van der Waals surface area contributed by atoms with E-state index in [2.05, 4.69) is 9.89 Å². The molecule has 1 aliphatic heterocycles. The van der Waals surface area contributed by atoms with Crippen molar-refractivity contribution < 1.29 is 9.47 Å². The fourth-order valence-electron chi connectivity index (χ4n) is 1.83. The Morgan fingerprint density at radius 2 is 1.94 bits per heavy atom. The topological polar surface area (TPSA) is 60.1 Å². The van der Waals surface area contributed by atoms with Crippen molar-refractivity contribution in [1.29, 1.82) is 0 Å². The Balaban J connectivity index is 2.02. The third-order valence-electron chi connectivity index (χ3n) is 2.83. The van der Waals surface area contributed by atoms with E-state index in [0.717, 1.165) is 32.7 Å². The largest absolute Gasteiger partial charge is 0.382 e. The predicted molar refractivity (Wildman–Crippen MR) is 69.2 cm³/mol. The molecule has 1 rings (SSSR count). The van der Waals surface area contributed by atoms with Gasteiger partial charge in [0.1, 0.15) is 0 Å². The van der Waals surface area contributed by atoms with E-state index in [0.29, 0.717) is 19.2 Å². The Morgan fingerprint density at radius 1 is 1.18 bits per heavy atom. The third kappa shape index (κ3) is 6.48. The van der Waals surface area contributed by atoms with Gasteiger partial charge in [-0.1, -0.05) is 0 Å². The van der Waals surface area contributed by atoms with Crippen molar-refractivity contribution in [3.63, 3.8) is 0 Å². The highest BCUT2D eigenvalue weighted by atomic mass is 16.5. The van der Waals surface area contributed by atoms with Gasteiger partial charge in [-0.25, -0.2) is 0 Å². The number of hydrogen-bond donors (Lipinski definition) is 1. The molecule has 0 bridgehead atoms. The lowest BCUT2D eigenvalue weighted by molar-refractivity contribution is 0.0702. The van der Waals surface area contributed by atoms with Crippen molar-refractivity contribution in [2.45, 2.75) is 25.7 Å². The maximum Gasteiger partial charge on any atom is 0.191 e. The molecule has 5 heteroatoms. The van der Waals surface area contributed by atoms with Crippen LogP contribution in [0.3, 0.4) is 0 Å². The molecule has 0 saturated carbocycles. The van der Waals surface area contributed by atoms with E-state index < -0.39 is 0 Å². The summed E-state index contributed by atoms with van der Waals surface area (Å²) in [6.45, 7) is 4.88. The number of likely N-dealkylation sites (tertiary alicyclic amines) is 1. The molecule has 1 saturated heterocycles. The Morgan fingerprint density at radius 3 is 2.65 bits per heavy atom. The molecule has 1 fully saturated rings. The van der Waals surface area contributed by atoms with E-state index in [1.54, 1.807) is 7.11 Å². The maximum atomic E-state index is 5.93. The molecule has 0 aromatic heterocycles. The Labute approximate surface area is 104 Å². The molecule has 0 radical (unpaired) electrons. The minimum absolute atomic E-state index is 0.652. The molecule has 0 amide bonds. The number of ether oxygens (including phenoxy) is 2. The molecule has 0 unspecified atom stereocenters. The number of aliphatic imine (C=N–C) groups is 1. The van der Waals surface area contributed by atoms with Crippen molar-refractivity contribution in [3.8, 4) is 0 Å². The summed E-state index contributed by atoms with van der Waals surface area (Å²) < 4.78 is 10.2. The summed E-state index contributed by atoms with van der Waals surface area (Å²) in [7, 11) is 1.67. The molecule has 1 heterocycles. The summed E-state index contributed by atoms with van der Waals surface area (Å²) in [6.07, 6.45) is 4.70. The fourth-order valence-corrected chi connectivity index (χ4v) is 1.83. The van der Waals surface area contributed by atoms with Gasteiger partial charge in [0.15, 0.2) is 5.96 Å². The Bertz CT molecular complexity index is 216. The smallest absolute Gasteiger partial charge is 0.191 e. The normalized spacial score (nSPS) is 17.5. The van der Waals surface area contributed by atoms with Crippen molar-refractivity contribution in [1.82, 2.24) is 4.90 Å². The number of piperidine rings is 1. The van der Waals surface area contributed by atoms with Crippen LogP contribution in [0.25, 0.3) is 0 Å². The first-order chi connectivity index (χ1) is 8.34. The van der Waals surface area contributed by atoms with E-state index in [-0.39, 0.29) is 0 Å². The number of hydrogen-bond acceptors (Lipinski definition) is 3. The quantitative estimate of drug-likeness (QED) is 0.409. The first-order valence-corrected chi connectivity index (χ1v) is 6.46. The van der Waals surface area contributed by atoms with E-state index in [1.165, 1.54) is 19.3 Å². The standard InChI is InChI=1S/C12H25N3O2/c1-16-10-11-17-9-5-6-14-12(13)15-7-3-2-4-8-15/h2-11H2,1H3,(H2,13,14). The van der Waals surface area contributed by atoms with Gasteiger partial charge in [0.05, 0.1) is 13.2 Å². The van der Waals surface area contributed by atoms with E-state index >= 15 is 0 Å². The van der Waals surface area contributed by atoms with Crippen LogP contribution in [0.15, 0.2) is 4.99 Å². The van der Waals surface area contributed by atoms with Crippen LogP contribution in [0, 0.1) is 0 Å². The van der Waals surface area contributed by atoms with Crippen LogP contribution in [-0.4, -0.2) is 57.4 Å². The van der Waals surface area contributed by atoms with Crippen molar-refractivity contribution in [2.24, 2.45) is 10.7 Å². The van der Waals surface area contributed by atoms with Gasteiger partial charge in [-0.15, -0.1) is 0 Å². The highest BCUT2D eigenvalue weighted by molar-refractivity contribution is 5.78. The number of nitrogens with two attached hydrogens (primary N) is 1. The number of nitrogens with zero attached hydrogens (tertiary/aromatic N) is 2. The molecular weight excluding hydrogens is 218 g/mol. The summed E-state index contributed by atoms with van der Waals surface area (Å²) in [5.41, 5.74) is 5.93. The van der Waals surface area contributed by atoms with Crippen LogP contribution >= 0.6 is 0 Å². The van der Waals surface area contributed by atoms with Crippen molar-refractivity contribution in [3.05, 3.63) is 0 Å². The van der Waals surface area contributed by atoms with Crippen LogP contribution in [0.4, 0.5) is 0 Å². The average Bonchev–Trinajstić information content (AvgIpc) is 2.38. The SMILES string of the molecule is COCCOCCCN=C(N)N1CCCCC1. The predicted octanol–water partition coefficient (Wildman–Crippen LogP) is 0.840. The molecule has 0 aliphatic carbocycles. The zero-order valence-electron chi connectivity index (χ0n) is 10.9. The molecule has 5 nitrogen and oxygen atoms in total. The molecule has 2 N–H and O–H groups in total. The maximum absolute atomic E-state index is 5.93. The zero-order chi connectivity index (χ0) is 12.3. The second-order valence-corrected chi connectivity index (χ2v) is 4.25. The summed E-state index contributed by atoms with van der Waals surface area (Å²) in [4.78, 5) is 6.55. The molecule has 0 spiro atoms. The number of guanidine groups is 1. The summed E-state index contributed by atoms with van der Waals surface area (Å²) in [5.74, 6) is 0.696. The van der Waals surface area contributed by atoms with E-state index in [1.807, 2.05) is 0 Å². The molecular formula is C12H25N3O2. The first-order valence-electron chi connectivity index (χ1n) is 6.46. The lowest BCUT2D eigenvalue weighted by Gasteiger charge is -2.27. The third-order valence-corrected chi connectivity index (χ3v) is 2.83. The van der Waals surface area contributed by atoms with Gasteiger partial charge in [-0.3, -0.25) is 4.99 Å².